The van der Waals surface area contributed by atoms with Gasteiger partial charge in [0.15, 0.2) is 7.14 Å². The van der Waals surface area contributed by atoms with E-state index in [2.05, 4.69) is 61.5 Å². The van der Waals surface area contributed by atoms with Crippen LogP contribution in [0.5, 0.6) is 5.75 Å². The van der Waals surface area contributed by atoms with E-state index in [9.17, 15) is 20.8 Å². The molecule has 0 fully saturated rings. The fraction of sp³-hybridized carbons (Fsp3) is 0.600. The molecule has 0 aromatic heterocycles. The molecule has 0 aliphatic rings. The van der Waals surface area contributed by atoms with Crippen molar-refractivity contribution in [3.63, 3.8) is 0 Å². The standard InChI is InChI=1S/C30H46IO.AsF6/c1-2-3-4-5-6-7-8-9-10-11-12-13-14-15-16-20-27-32-30-25-23-29(24-26-30)31-28-21-18-17-19-22-28;2-1(3,4,5,6)7/h17-19,21-26H,2-16,20,27H2,1H3;/q+1;-1. The van der Waals surface area contributed by atoms with Crippen molar-refractivity contribution in [2.75, 3.05) is 6.61 Å². The normalized spacial score (nSPS) is 13.2. The summed E-state index contributed by atoms with van der Waals surface area (Å²) < 4.78 is 68.3. The monoisotopic (exact) mass is 738 g/mol. The molecule has 2 rings (SSSR count). The Kier molecular flexibility index (Phi) is 17.2. The van der Waals surface area contributed by atoms with E-state index in [4.69, 9.17) is 4.74 Å². The molecule has 39 heavy (non-hydrogen) atoms. The molecule has 0 aliphatic heterocycles. The SMILES string of the molecule is CCCCCCCCCCCCCCCCCCOc1ccc([I+]c2ccccc2)cc1.F[As-](F)(F)(F)(F)F. The maximum atomic E-state index is 9.91. The van der Waals surface area contributed by atoms with Crippen molar-refractivity contribution in [3.05, 3.63) is 61.7 Å². The first-order valence-corrected chi connectivity index (χ1v) is 20.7. The average Bonchev–Trinajstić information content (AvgIpc) is 2.86. The Hall–Kier alpha value is -0.892. The van der Waals surface area contributed by atoms with E-state index in [-0.39, 0.29) is 21.2 Å². The van der Waals surface area contributed by atoms with E-state index >= 15 is 0 Å². The molecule has 2 aromatic rings. The van der Waals surface area contributed by atoms with Crippen LogP contribution in [-0.2, 0) is 0 Å². The molecule has 226 valence electrons. The molecule has 0 aliphatic carbocycles. The van der Waals surface area contributed by atoms with Gasteiger partial charge in [-0.25, -0.2) is 0 Å². The Morgan fingerprint density at radius 2 is 0.872 bits per heavy atom. The minimum atomic E-state index is -11.1. The summed E-state index contributed by atoms with van der Waals surface area (Å²) in [4.78, 5) is 0. The average molecular weight is 739 g/mol. The number of rotatable bonds is 20. The van der Waals surface area contributed by atoms with Crippen molar-refractivity contribution in [1.82, 2.24) is 0 Å². The number of benzene rings is 2. The van der Waals surface area contributed by atoms with Crippen molar-refractivity contribution < 1.29 is 46.7 Å². The zero-order valence-electron chi connectivity index (χ0n) is 23.2. The van der Waals surface area contributed by atoms with Crippen molar-refractivity contribution in [2.45, 2.75) is 110 Å². The summed E-state index contributed by atoms with van der Waals surface area (Å²) in [5.74, 6) is 1.02. The Labute approximate surface area is 243 Å². The Morgan fingerprint density at radius 1 is 0.513 bits per heavy atom. The fourth-order valence-electron chi connectivity index (χ4n) is 4.04. The van der Waals surface area contributed by atoms with Gasteiger partial charge in [0.1, 0.15) is 5.75 Å². The number of unbranched alkanes of at least 4 members (excludes halogenated alkanes) is 15. The van der Waals surface area contributed by atoms with Crippen LogP contribution in [0.1, 0.15) is 110 Å². The van der Waals surface area contributed by atoms with Crippen LogP contribution >= 0.6 is 0 Å². The summed E-state index contributed by atoms with van der Waals surface area (Å²) in [5, 5.41) is 0. The summed E-state index contributed by atoms with van der Waals surface area (Å²) in [6.07, 6.45) is 22.5. The summed E-state index contributed by atoms with van der Waals surface area (Å²) in [7, 11) is 0. The van der Waals surface area contributed by atoms with Gasteiger partial charge >= 0.3 is 56.2 Å². The Balaban J connectivity index is 0.000000956. The molecule has 0 spiro atoms. The molecule has 0 bridgehead atoms. The summed E-state index contributed by atoms with van der Waals surface area (Å²) in [6.45, 7) is 3.15. The van der Waals surface area contributed by atoms with Crippen LogP contribution in [0.3, 0.4) is 0 Å². The van der Waals surface area contributed by atoms with Gasteiger partial charge in [-0.3, -0.25) is 0 Å². The zero-order valence-corrected chi connectivity index (χ0v) is 27.3. The van der Waals surface area contributed by atoms with Crippen molar-refractivity contribution >= 4 is 14.2 Å². The van der Waals surface area contributed by atoms with Gasteiger partial charge in [0.25, 0.3) is 0 Å². The van der Waals surface area contributed by atoms with Crippen LogP contribution < -0.4 is 25.9 Å². The predicted octanol–water partition coefficient (Wildman–Crippen LogP) is 8.60. The van der Waals surface area contributed by atoms with Gasteiger partial charge < -0.3 is 4.74 Å². The number of hydrogen-bond acceptors (Lipinski definition) is 1. The molecule has 2 aromatic carbocycles. The van der Waals surface area contributed by atoms with Gasteiger partial charge in [0, 0.05) is 0 Å². The molecule has 9 heteroatoms. The molecule has 0 saturated heterocycles. The third kappa shape index (κ3) is 28.4. The summed E-state index contributed by atoms with van der Waals surface area (Å²) >= 11 is -11.1. The molecule has 0 atom stereocenters. The van der Waals surface area contributed by atoms with E-state index < -0.39 is 14.2 Å². The maximum absolute atomic E-state index is 11.1. The first-order valence-electron chi connectivity index (χ1n) is 14.3. The third-order valence-electron chi connectivity index (χ3n) is 6.03. The molecular weight excluding hydrogens is 692 g/mol. The number of hydrogen-bond donors (Lipinski definition) is 0. The van der Waals surface area contributed by atoms with Gasteiger partial charge in [0.2, 0.25) is 0 Å². The molecule has 0 unspecified atom stereocenters. The van der Waals surface area contributed by atoms with Crippen LogP contribution in [-0.4, -0.2) is 20.8 Å². The van der Waals surface area contributed by atoms with E-state index in [0.717, 1.165) is 12.4 Å². The zero-order chi connectivity index (χ0) is 28.9. The Morgan fingerprint density at radius 3 is 1.28 bits per heavy atom. The van der Waals surface area contributed by atoms with Gasteiger partial charge in [-0.05, 0) is 42.8 Å². The van der Waals surface area contributed by atoms with Gasteiger partial charge in [-0.15, -0.1) is 0 Å². The second kappa shape index (κ2) is 18.5. The second-order valence-electron chi connectivity index (χ2n) is 9.95. The van der Waals surface area contributed by atoms with Crippen molar-refractivity contribution in [2.24, 2.45) is 0 Å². The first kappa shape index (κ1) is 36.1. The summed E-state index contributed by atoms with van der Waals surface area (Å²) in [6, 6.07) is 19.6. The van der Waals surface area contributed by atoms with Crippen molar-refractivity contribution in [1.29, 1.82) is 0 Å². The van der Waals surface area contributed by atoms with E-state index in [1.807, 2.05) is 0 Å². The van der Waals surface area contributed by atoms with Crippen LogP contribution in [0.15, 0.2) is 54.6 Å². The molecular formula is C30H46AsF6IO. The van der Waals surface area contributed by atoms with Crippen molar-refractivity contribution in [3.8, 4) is 5.75 Å². The Bertz CT molecular complexity index is 849. The van der Waals surface area contributed by atoms with E-state index in [1.165, 1.54) is 110 Å². The third-order valence-corrected chi connectivity index (χ3v) is 8.72. The quantitative estimate of drug-likeness (QED) is 0.0573. The van der Waals surface area contributed by atoms with E-state index in [0.29, 0.717) is 0 Å². The van der Waals surface area contributed by atoms with Gasteiger partial charge in [-0.2, -0.15) is 0 Å². The molecule has 1 nitrogen and oxygen atoms in total. The number of ether oxygens (including phenoxy) is 1. The molecule has 0 amide bonds. The predicted molar refractivity (Wildman–Crippen MR) is 148 cm³/mol. The first-order chi connectivity index (χ1) is 18.3. The van der Waals surface area contributed by atoms with Crippen LogP contribution in [0.2, 0.25) is 0 Å². The minimum absolute atomic E-state index is 0.0762. The molecule has 0 N–H and O–H groups in total. The molecule has 0 saturated carbocycles. The van der Waals surface area contributed by atoms with E-state index in [1.54, 1.807) is 0 Å². The topological polar surface area (TPSA) is 9.23 Å². The van der Waals surface area contributed by atoms with Gasteiger partial charge in [-0.1, -0.05) is 121 Å². The number of halogens is 7. The van der Waals surface area contributed by atoms with Crippen LogP contribution in [0.25, 0.3) is 0 Å². The van der Waals surface area contributed by atoms with Crippen LogP contribution in [0.4, 0.5) is 20.8 Å². The molecule has 0 heterocycles. The summed E-state index contributed by atoms with van der Waals surface area (Å²) in [5.41, 5.74) is 0. The van der Waals surface area contributed by atoms with Gasteiger partial charge in [0.05, 0.1) is 6.61 Å². The fourth-order valence-corrected chi connectivity index (χ4v) is 6.25. The van der Waals surface area contributed by atoms with Crippen LogP contribution in [0, 0.1) is 7.14 Å². The second-order valence-corrected chi connectivity index (χ2v) is 17.0. The molecule has 0 radical (unpaired) electrons.